The quantitative estimate of drug-likeness (QED) is 0.253. The van der Waals surface area contributed by atoms with Crippen molar-refractivity contribution < 1.29 is 32.3 Å². The van der Waals surface area contributed by atoms with Gasteiger partial charge in [-0.3, -0.25) is 19.1 Å². The topological polar surface area (TPSA) is 157 Å². The second-order valence-electron chi connectivity index (χ2n) is 15.1. The van der Waals surface area contributed by atoms with Gasteiger partial charge in [0.15, 0.2) is 0 Å². The molecule has 3 fully saturated rings. The molecule has 0 bridgehead atoms. The number of fused-ring (bicyclic) bond motifs is 3. The summed E-state index contributed by atoms with van der Waals surface area (Å²) in [5.74, 6) is 0.612. The summed E-state index contributed by atoms with van der Waals surface area (Å²) in [5.41, 5.74) is 1.14. The Kier molecular flexibility index (Phi) is 9.78. The Morgan fingerprint density at radius 1 is 1.15 bits per heavy atom. The van der Waals surface area contributed by atoms with Gasteiger partial charge < -0.3 is 19.7 Å². The summed E-state index contributed by atoms with van der Waals surface area (Å²) in [5, 5.41) is 6.15. The van der Waals surface area contributed by atoms with Crippen LogP contribution in [0.4, 0.5) is 0 Å². The first kappa shape index (κ1) is 36.9. The van der Waals surface area contributed by atoms with Crippen LogP contribution in [0.1, 0.15) is 76.0 Å². The average Bonchev–Trinajstić information content (AvgIpc) is 4.01. The number of thiazole rings is 1. The largest absolute Gasteiger partial charge is 0.496 e. The Labute approximate surface area is 314 Å². The molecule has 0 spiro atoms. The zero-order valence-corrected chi connectivity index (χ0v) is 32.1. The zero-order chi connectivity index (χ0) is 37.7. The van der Waals surface area contributed by atoms with Crippen molar-refractivity contribution in [1.29, 1.82) is 0 Å². The lowest BCUT2D eigenvalue weighted by Crippen LogP contribution is -2.56. The highest BCUT2D eigenvalue weighted by atomic mass is 32.2. The van der Waals surface area contributed by atoms with Gasteiger partial charge in [0.05, 0.1) is 29.4 Å². The monoisotopic (exact) mass is 759 g/mol. The van der Waals surface area contributed by atoms with Gasteiger partial charge in [0.25, 0.3) is 5.91 Å². The number of carbonyl (C=O) groups is 3. The van der Waals surface area contributed by atoms with Gasteiger partial charge in [0, 0.05) is 47.8 Å². The zero-order valence-electron chi connectivity index (χ0n) is 30.4. The van der Waals surface area contributed by atoms with E-state index >= 15 is 0 Å². The van der Waals surface area contributed by atoms with Gasteiger partial charge in [-0.05, 0) is 89.7 Å². The van der Waals surface area contributed by atoms with Crippen molar-refractivity contribution in [3.8, 4) is 34.5 Å². The molecule has 0 unspecified atom stereocenters. The summed E-state index contributed by atoms with van der Waals surface area (Å²) >= 11 is 1.38. The minimum atomic E-state index is -3.94. The molecule has 4 aliphatic rings. The molecule has 53 heavy (non-hydrogen) atoms. The molecule has 3 aliphatic carbocycles. The van der Waals surface area contributed by atoms with Crippen molar-refractivity contribution in [3.63, 3.8) is 0 Å². The number of amides is 3. The maximum absolute atomic E-state index is 14.4. The predicted octanol–water partition coefficient (Wildman–Crippen LogP) is 4.89. The van der Waals surface area contributed by atoms with Crippen LogP contribution in [0.25, 0.3) is 21.6 Å². The van der Waals surface area contributed by atoms with Crippen molar-refractivity contribution in [3.05, 3.63) is 47.0 Å². The van der Waals surface area contributed by atoms with Crippen molar-refractivity contribution in [2.24, 2.45) is 17.8 Å². The number of pyridine rings is 1. The van der Waals surface area contributed by atoms with E-state index in [1.54, 1.807) is 31.4 Å². The van der Waals surface area contributed by atoms with Crippen LogP contribution in [-0.4, -0.2) is 78.1 Å². The molecule has 2 aromatic heterocycles. The van der Waals surface area contributed by atoms with E-state index in [-0.39, 0.29) is 24.7 Å². The van der Waals surface area contributed by atoms with Gasteiger partial charge in [0.2, 0.25) is 21.8 Å². The molecular weight excluding hydrogens is 715 g/mol. The molecule has 1 aromatic carbocycles. The normalized spacial score (nSPS) is 27.6. The first-order chi connectivity index (χ1) is 25.3. The number of sulfonamides is 1. The summed E-state index contributed by atoms with van der Waals surface area (Å²) < 4.78 is 39.9. The van der Waals surface area contributed by atoms with Crippen LogP contribution in [0.3, 0.4) is 0 Å². The Hall–Kier alpha value is -4.48. The minimum Gasteiger partial charge on any atom is -0.496 e. The second-order valence-corrected chi connectivity index (χ2v) is 18.1. The Morgan fingerprint density at radius 2 is 1.94 bits per heavy atom. The molecule has 1 aliphatic heterocycles. The lowest BCUT2D eigenvalue weighted by atomic mass is 9.76. The summed E-state index contributed by atoms with van der Waals surface area (Å²) in [6, 6.07) is 5.57. The number of hydrogen-bond acceptors (Lipinski definition) is 10. The first-order valence-electron chi connectivity index (χ1n) is 18.2. The minimum absolute atomic E-state index is 0.126. The SMILES string of the molecule is C#Cc1csc(-c2cc(O[C@H]3CC[C@H]4C(=O)N(C)CCCC/C=C\[C@@H]5C[C@@]5(C(=O)NS(=O)(=O)C5(C)CC5)NC(=O)[C@@H]4C3)c3ccc(OC)c(C)c3n2)n1. The third-order valence-corrected chi connectivity index (χ3v) is 14.5. The molecular formula is C39H45N5O7S2. The molecule has 3 aromatic rings. The predicted molar refractivity (Wildman–Crippen MR) is 202 cm³/mol. The van der Waals surface area contributed by atoms with Gasteiger partial charge in [-0.15, -0.1) is 17.8 Å². The molecule has 12 nitrogen and oxygen atoms in total. The molecule has 3 heterocycles. The van der Waals surface area contributed by atoms with Crippen molar-refractivity contribution in [2.45, 2.75) is 88.0 Å². The molecule has 3 saturated carbocycles. The van der Waals surface area contributed by atoms with E-state index in [4.69, 9.17) is 20.9 Å². The fourth-order valence-corrected chi connectivity index (χ4v) is 9.64. The Bertz CT molecular complexity index is 2150. The average molecular weight is 760 g/mol. The highest BCUT2D eigenvalue weighted by Crippen LogP contribution is 2.48. The summed E-state index contributed by atoms with van der Waals surface area (Å²) in [4.78, 5) is 53.4. The number of nitrogens with one attached hydrogen (secondary N) is 2. The molecule has 5 atom stereocenters. The fraction of sp³-hybridized carbons (Fsp3) is 0.513. The molecule has 2 N–H and O–H groups in total. The highest BCUT2D eigenvalue weighted by Gasteiger charge is 2.63. The van der Waals surface area contributed by atoms with Crippen LogP contribution in [0, 0.1) is 37.0 Å². The number of carbonyl (C=O) groups excluding carboxylic acids is 3. The maximum atomic E-state index is 14.4. The number of ether oxygens (including phenoxy) is 2. The number of hydrogen-bond donors (Lipinski definition) is 2. The van der Waals surface area contributed by atoms with Crippen LogP contribution < -0.4 is 19.5 Å². The third-order valence-electron chi connectivity index (χ3n) is 11.4. The number of aryl methyl sites for hydroxylation is 1. The molecule has 0 radical (unpaired) electrons. The van der Waals surface area contributed by atoms with E-state index in [2.05, 4.69) is 20.9 Å². The van der Waals surface area contributed by atoms with Gasteiger partial charge in [-0.1, -0.05) is 12.2 Å². The van der Waals surface area contributed by atoms with Crippen LogP contribution in [0.5, 0.6) is 11.5 Å². The van der Waals surface area contributed by atoms with E-state index in [1.165, 1.54) is 11.3 Å². The van der Waals surface area contributed by atoms with E-state index < -0.39 is 50.1 Å². The number of aromatic nitrogens is 2. The van der Waals surface area contributed by atoms with Crippen molar-refractivity contribution in [1.82, 2.24) is 24.9 Å². The van der Waals surface area contributed by atoms with Crippen molar-refractivity contribution >= 4 is 50.0 Å². The summed E-state index contributed by atoms with van der Waals surface area (Å²) in [6.07, 6.45) is 13.7. The third kappa shape index (κ3) is 7.01. The molecule has 280 valence electrons. The lowest BCUT2D eigenvalue weighted by molar-refractivity contribution is -0.145. The van der Waals surface area contributed by atoms with E-state index in [0.717, 1.165) is 30.2 Å². The lowest BCUT2D eigenvalue weighted by Gasteiger charge is -2.37. The number of rotatable bonds is 7. The number of nitrogens with zero attached hydrogens (tertiary/aromatic N) is 3. The number of methoxy groups -OCH3 is 1. The number of terminal acetylenes is 1. The van der Waals surface area contributed by atoms with Gasteiger partial charge in [0.1, 0.15) is 33.4 Å². The van der Waals surface area contributed by atoms with Crippen LogP contribution in [0.2, 0.25) is 0 Å². The van der Waals surface area contributed by atoms with Crippen LogP contribution in [0.15, 0.2) is 35.7 Å². The van der Waals surface area contributed by atoms with Gasteiger partial charge in [-0.25, -0.2) is 18.4 Å². The van der Waals surface area contributed by atoms with E-state index in [1.807, 2.05) is 37.3 Å². The van der Waals surface area contributed by atoms with Crippen LogP contribution >= 0.6 is 11.3 Å². The maximum Gasteiger partial charge on any atom is 0.259 e. The number of allylic oxidation sites excluding steroid dienone is 1. The standard InChI is InChI=1S/C39H45N5O7S2/c1-6-25-22-52-35(40-25)30-20-32(28-14-15-31(50-5)23(2)33(28)41-30)51-26-12-13-27-29(19-26)34(45)42-39(37(47)43-53(48,49)38(3)16-17-38)21-24(39)11-9-7-8-10-18-44(4)36(27)46/h1,9,11,14-15,20,22,24,26-27,29H,7-8,10,12-13,16-19,21H2,2-5H3,(H,42,45)(H,43,47)/b11-9-/t24-,26+,27-,29-,39-/m1/s1. The Balaban J connectivity index is 1.21. The van der Waals surface area contributed by atoms with Crippen LogP contribution in [-0.2, 0) is 24.4 Å². The summed E-state index contributed by atoms with van der Waals surface area (Å²) in [7, 11) is -0.572. The van der Waals surface area contributed by atoms with E-state index in [0.29, 0.717) is 65.6 Å². The van der Waals surface area contributed by atoms with Crippen molar-refractivity contribution in [2.75, 3.05) is 20.7 Å². The van der Waals surface area contributed by atoms with Gasteiger partial charge >= 0.3 is 0 Å². The van der Waals surface area contributed by atoms with Gasteiger partial charge in [-0.2, -0.15) is 0 Å². The second kappa shape index (κ2) is 14.1. The fourth-order valence-electron chi connectivity index (χ4n) is 7.61. The first-order valence-corrected chi connectivity index (χ1v) is 20.5. The summed E-state index contributed by atoms with van der Waals surface area (Å²) in [6.45, 7) is 4.10. The Morgan fingerprint density at radius 3 is 2.66 bits per heavy atom. The highest BCUT2D eigenvalue weighted by molar-refractivity contribution is 7.91. The molecule has 0 saturated heterocycles. The smallest absolute Gasteiger partial charge is 0.259 e. The molecule has 7 rings (SSSR count). The van der Waals surface area contributed by atoms with E-state index in [9.17, 15) is 22.8 Å². The molecule has 14 heteroatoms. The molecule has 3 amide bonds. The number of benzene rings is 1.